The summed E-state index contributed by atoms with van der Waals surface area (Å²) in [5, 5.41) is 7.73. The van der Waals surface area contributed by atoms with Crippen LogP contribution >= 0.6 is 0 Å². The molecule has 0 N–H and O–H groups in total. The molecular formula is C15H19N3O2. The molecular weight excluding hydrogens is 254 g/mol. The van der Waals surface area contributed by atoms with Gasteiger partial charge in [-0.05, 0) is 31.0 Å². The molecule has 2 aromatic rings. The fraction of sp³-hybridized carbons (Fsp3) is 0.400. The van der Waals surface area contributed by atoms with E-state index in [1.807, 2.05) is 19.1 Å². The van der Waals surface area contributed by atoms with Gasteiger partial charge in [0.1, 0.15) is 11.4 Å². The highest BCUT2D eigenvalue weighted by Gasteiger charge is 2.06. The molecule has 1 aromatic heterocycles. The standard InChI is InChI=1S/C15H19N3O2/c1-3-13-5-7-14(8-6-13)20-10-4-9-18-12(2)15(11-19)16-17-18/h5-8,11H,3-4,9-10H2,1-2H3. The second-order valence-electron chi connectivity index (χ2n) is 4.60. The molecule has 0 saturated carbocycles. The van der Waals surface area contributed by atoms with Crippen molar-refractivity contribution in [2.45, 2.75) is 33.2 Å². The number of carbonyl (C=O) groups is 1. The molecule has 0 unspecified atom stereocenters. The van der Waals surface area contributed by atoms with E-state index in [-0.39, 0.29) is 0 Å². The van der Waals surface area contributed by atoms with E-state index in [2.05, 4.69) is 29.4 Å². The van der Waals surface area contributed by atoms with Crippen LogP contribution < -0.4 is 4.74 Å². The van der Waals surface area contributed by atoms with Crippen molar-refractivity contribution in [2.75, 3.05) is 6.61 Å². The van der Waals surface area contributed by atoms with Crippen molar-refractivity contribution in [1.29, 1.82) is 0 Å². The number of aryl methyl sites for hydroxylation is 2. The summed E-state index contributed by atoms with van der Waals surface area (Å²) in [7, 11) is 0. The monoisotopic (exact) mass is 273 g/mol. The molecule has 1 aromatic carbocycles. The Balaban J connectivity index is 1.78. The quantitative estimate of drug-likeness (QED) is 0.574. The summed E-state index contributed by atoms with van der Waals surface area (Å²) in [6, 6.07) is 8.13. The van der Waals surface area contributed by atoms with Crippen molar-refractivity contribution in [2.24, 2.45) is 0 Å². The van der Waals surface area contributed by atoms with Gasteiger partial charge in [0.25, 0.3) is 0 Å². The van der Waals surface area contributed by atoms with Gasteiger partial charge in [-0.1, -0.05) is 24.3 Å². The lowest BCUT2D eigenvalue weighted by atomic mass is 10.2. The fourth-order valence-electron chi connectivity index (χ4n) is 1.92. The van der Waals surface area contributed by atoms with Crippen LogP contribution in [0.2, 0.25) is 0 Å². The van der Waals surface area contributed by atoms with Crippen LogP contribution in [0.15, 0.2) is 24.3 Å². The van der Waals surface area contributed by atoms with Crippen LogP contribution in [0, 0.1) is 6.92 Å². The van der Waals surface area contributed by atoms with Crippen LogP contribution in [-0.2, 0) is 13.0 Å². The fourth-order valence-corrected chi connectivity index (χ4v) is 1.92. The second-order valence-corrected chi connectivity index (χ2v) is 4.60. The van der Waals surface area contributed by atoms with Gasteiger partial charge in [0.15, 0.2) is 6.29 Å². The first-order valence-corrected chi connectivity index (χ1v) is 6.81. The van der Waals surface area contributed by atoms with E-state index in [0.717, 1.165) is 30.6 Å². The van der Waals surface area contributed by atoms with Crippen LogP contribution in [-0.4, -0.2) is 27.9 Å². The maximum atomic E-state index is 10.7. The van der Waals surface area contributed by atoms with Gasteiger partial charge in [0.2, 0.25) is 0 Å². The lowest BCUT2D eigenvalue weighted by molar-refractivity contribution is 0.111. The average molecular weight is 273 g/mol. The SMILES string of the molecule is CCc1ccc(OCCCn2nnc(C=O)c2C)cc1. The van der Waals surface area contributed by atoms with Crippen molar-refractivity contribution in [1.82, 2.24) is 15.0 Å². The Morgan fingerprint density at radius 2 is 2.05 bits per heavy atom. The third-order valence-corrected chi connectivity index (χ3v) is 3.24. The van der Waals surface area contributed by atoms with Gasteiger partial charge in [-0.3, -0.25) is 4.79 Å². The van der Waals surface area contributed by atoms with E-state index in [4.69, 9.17) is 4.74 Å². The van der Waals surface area contributed by atoms with Gasteiger partial charge < -0.3 is 4.74 Å². The molecule has 0 atom stereocenters. The maximum Gasteiger partial charge on any atom is 0.172 e. The molecule has 0 saturated heterocycles. The lowest BCUT2D eigenvalue weighted by Gasteiger charge is -2.07. The predicted molar refractivity (Wildman–Crippen MR) is 76.1 cm³/mol. The van der Waals surface area contributed by atoms with Crippen molar-refractivity contribution in [3.63, 3.8) is 0 Å². The molecule has 0 amide bonds. The Morgan fingerprint density at radius 3 is 2.65 bits per heavy atom. The third-order valence-electron chi connectivity index (χ3n) is 3.24. The number of carbonyl (C=O) groups excluding carboxylic acids is 1. The summed E-state index contributed by atoms with van der Waals surface area (Å²) in [4.78, 5) is 10.7. The Morgan fingerprint density at radius 1 is 1.30 bits per heavy atom. The van der Waals surface area contributed by atoms with Gasteiger partial charge in [0.05, 0.1) is 12.3 Å². The maximum absolute atomic E-state index is 10.7. The summed E-state index contributed by atoms with van der Waals surface area (Å²) < 4.78 is 7.40. The number of aldehydes is 1. The van der Waals surface area contributed by atoms with E-state index in [0.29, 0.717) is 18.8 Å². The number of nitrogens with zero attached hydrogens (tertiary/aromatic N) is 3. The van der Waals surface area contributed by atoms with Crippen LogP contribution in [0.1, 0.15) is 35.1 Å². The van der Waals surface area contributed by atoms with Crippen molar-refractivity contribution >= 4 is 6.29 Å². The zero-order valence-corrected chi connectivity index (χ0v) is 11.9. The summed E-state index contributed by atoms with van der Waals surface area (Å²) in [6.45, 7) is 5.28. The van der Waals surface area contributed by atoms with Gasteiger partial charge in [-0.15, -0.1) is 5.10 Å². The molecule has 20 heavy (non-hydrogen) atoms. The second kappa shape index (κ2) is 6.84. The Kier molecular flexibility index (Phi) is 4.87. The van der Waals surface area contributed by atoms with E-state index < -0.39 is 0 Å². The first-order chi connectivity index (χ1) is 9.74. The van der Waals surface area contributed by atoms with Crippen LogP contribution in [0.5, 0.6) is 5.75 Å². The Labute approximate surface area is 118 Å². The predicted octanol–water partition coefficient (Wildman–Crippen LogP) is 2.43. The zero-order chi connectivity index (χ0) is 14.4. The molecule has 1 heterocycles. The highest BCUT2D eigenvalue weighted by Crippen LogP contribution is 2.13. The van der Waals surface area contributed by atoms with Gasteiger partial charge >= 0.3 is 0 Å². The summed E-state index contributed by atoms with van der Waals surface area (Å²) >= 11 is 0. The van der Waals surface area contributed by atoms with Crippen LogP contribution in [0.25, 0.3) is 0 Å². The smallest absolute Gasteiger partial charge is 0.172 e. The molecule has 2 rings (SSSR count). The van der Waals surface area contributed by atoms with Crippen molar-refractivity contribution < 1.29 is 9.53 Å². The average Bonchev–Trinajstić information content (AvgIpc) is 2.84. The zero-order valence-electron chi connectivity index (χ0n) is 11.9. The van der Waals surface area contributed by atoms with E-state index >= 15 is 0 Å². The highest BCUT2D eigenvalue weighted by atomic mass is 16.5. The summed E-state index contributed by atoms with van der Waals surface area (Å²) in [6.07, 6.45) is 2.58. The topological polar surface area (TPSA) is 57.0 Å². The number of benzene rings is 1. The number of hydrogen-bond donors (Lipinski definition) is 0. The molecule has 0 fully saturated rings. The molecule has 0 aliphatic heterocycles. The van der Waals surface area contributed by atoms with Crippen molar-refractivity contribution in [3.05, 3.63) is 41.2 Å². The number of hydrogen-bond acceptors (Lipinski definition) is 4. The minimum absolute atomic E-state index is 0.404. The molecule has 0 spiro atoms. The van der Waals surface area contributed by atoms with Crippen LogP contribution in [0.3, 0.4) is 0 Å². The highest BCUT2D eigenvalue weighted by molar-refractivity contribution is 5.72. The van der Waals surface area contributed by atoms with E-state index in [1.165, 1.54) is 5.56 Å². The largest absolute Gasteiger partial charge is 0.494 e. The summed E-state index contributed by atoms with van der Waals surface area (Å²) in [5.74, 6) is 0.881. The van der Waals surface area contributed by atoms with Gasteiger partial charge in [-0.2, -0.15) is 0 Å². The molecule has 0 bridgehead atoms. The first-order valence-electron chi connectivity index (χ1n) is 6.81. The molecule has 0 aliphatic carbocycles. The van der Waals surface area contributed by atoms with Gasteiger partial charge in [0, 0.05) is 13.0 Å². The van der Waals surface area contributed by atoms with E-state index in [9.17, 15) is 4.79 Å². The lowest BCUT2D eigenvalue weighted by Crippen LogP contribution is -2.07. The summed E-state index contributed by atoms with van der Waals surface area (Å²) in [5.41, 5.74) is 2.50. The molecule has 106 valence electrons. The van der Waals surface area contributed by atoms with Gasteiger partial charge in [-0.25, -0.2) is 4.68 Å². The van der Waals surface area contributed by atoms with E-state index in [1.54, 1.807) is 4.68 Å². The minimum Gasteiger partial charge on any atom is -0.494 e. The normalized spacial score (nSPS) is 10.5. The number of aromatic nitrogens is 3. The van der Waals surface area contributed by atoms with Crippen molar-refractivity contribution in [3.8, 4) is 5.75 Å². The minimum atomic E-state index is 0.404. The molecule has 5 nitrogen and oxygen atoms in total. The molecule has 0 radical (unpaired) electrons. The third kappa shape index (κ3) is 3.44. The Hall–Kier alpha value is -2.17. The van der Waals surface area contributed by atoms with Crippen LogP contribution in [0.4, 0.5) is 0 Å². The number of ether oxygens (including phenoxy) is 1. The first kappa shape index (κ1) is 14.2. The molecule has 5 heteroatoms. The molecule has 0 aliphatic rings. The number of rotatable bonds is 7. The Bertz CT molecular complexity index is 561.